The number of carbonyl (C=O) groups is 1. The maximum absolute atomic E-state index is 13.0. The highest BCUT2D eigenvalue weighted by Crippen LogP contribution is 2.29. The van der Waals surface area contributed by atoms with Gasteiger partial charge in [0.05, 0.1) is 23.6 Å². The quantitative estimate of drug-likeness (QED) is 0.768. The third-order valence-electron chi connectivity index (χ3n) is 5.15. The van der Waals surface area contributed by atoms with Crippen LogP contribution in [0.15, 0.2) is 41.3 Å². The molecule has 0 aromatic heterocycles. The second kappa shape index (κ2) is 8.73. The number of hydrogen-bond acceptors (Lipinski definition) is 4. The van der Waals surface area contributed by atoms with Gasteiger partial charge in [-0.3, -0.25) is 4.79 Å². The minimum Gasteiger partial charge on any atom is -0.495 e. The highest BCUT2D eigenvalue weighted by Gasteiger charge is 2.33. The van der Waals surface area contributed by atoms with Crippen LogP contribution < -0.4 is 10.1 Å². The lowest BCUT2D eigenvalue weighted by Crippen LogP contribution is -2.43. The summed E-state index contributed by atoms with van der Waals surface area (Å²) in [4.78, 5) is 13.0. The second-order valence-electron chi connectivity index (χ2n) is 7.31. The van der Waals surface area contributed by atoms with Crippen molar-refractivity contribution in [1.29, 1.82) is 0 Å². The van der Waals surface area contributed by atoms with E-state index in [4.69, 9.17) is 16.3 Å². The number of benzene rings is 2. The van der Waals surface area contributed by atoms with Gasteiger partial charge in [0.1, 0.15) is 5.75 Å². The van der Waals surface area contributed by atoms with E-state index in [0.717, 1.165) is 11.1 Å². The van der Waals surface area contributed by atoms with E-state index in [-0.39, 0.29) is 17.3 Å². The van der Waals surface area contributed by atoms with Crippen LogP contribution in [0.1, 0.15) is 24.0 Å². The van der Waals surface area contributed by atoms with Gasteiger partial charge in [-0.1, -0.05) is 23.7 Å². The zero-order valence-electron chi connectivity index (χ0n) is 16.7. The number of halogens is 1. The molecular weight excluding hydrogens is 412 g/mol. The zero-order valence-corrected chi connectivity index (χ0v) is 18.3. The number of hydrogen-bond donors (Lipinski definition) is 1. The van der Waals surface area contributed by atoms with E-state index >= 15 is 0 Å². The van der Waals surface area contributed by atoms with Crippen molar-refractivity contribution < 1.29 is 17.9 Å². The van der Waals surface area contributed by atoms with Gasteiger partial charge in [0.15, 0.2) is 0 Å². The first-order valence-corrected chi connectivity index (χ1v) is 11.3. The van der Waals surface area contributed by atoms with Crippen molar-refractivity contribution in [3.05, 3.63) is 52.5 Å². The number of aryl methyl sites for hydroxylation is 2. The van der Waals surface area contributed by atoms with Crippen LogP contribution in [0.5, 0.6) is 5.75 Å². The van der Waals surface area contributed by atoms with Crippen LogP contribution in [-0.4, -0.2) is 38.8 Å². The molecule has 1 aliphatic heterocycles. The summed E-state index contributed by atoms with van der Waals surface area (Å²) < 4.78 is 32.8. The molecule has 0 bridgehead atoms. The number of carbonyl (C=O) groups excluding carboxylic acids is 1. The van der Waals surface area contributed by atoms with E-state index in [1.165, 1.54) is 10.4 Å². The number of nitrogens with one attached hydrogen (secondary N) is 1. The maximum Gasteiger partial charge on any atom is 0.243 e. The Kier molecular flexibility index (Phi) is 6.51. The van der Waals surface area contributed by atoms with Gasteiger partial charge in [0.25, 0.3) is 0 Å². The van der Waals surface area contributed by atoms with Crippen LogP contribution in [0.3, 0.4) is 0 Å². The van der Waals surface area contributed by atoms with E-state index in [0.29, 0.717) is 35.8 Å². The van der Waals surface area contributed by atoms with E-state index < -0.39 is 15.9 Å². The number of piperidine rings is 1. The molecule has 0 aliphatic carbocycles. The third-order valence-corrected chi connectivity index (χ3v) is 7.42. The lowest BCUT2D eigenvalue weighted by molar-refractivity contribution is -0.120. The van der Waals surface area contributed by atoms with Crippen molar-refractivity contribution in [2.75, 3.05) is 25.5 Å². The summed E-state index contributed by atoms with van der Waals surface area (Å²) in [5.74, 6) is -0.0843. The average Bonchev–Trinajstić information content (AvgIpc) is 2.70. The number of amides is 1. The number of nitrogens with zero attached hydrogens (tertiary/aromatic N) is 1. The normalized spacial score (nSPS) is 17.7. The molecule has 29 heavy (non-hydrogen) atoms. The molecule has 6 nitrogen and oxygen atoms in total. The Hall–Kier alpha value is -2.09. The summed E-state index contributed by atoms with van der Waals surface area (Å²) in [6.45, 7) is 4.26. The van der Waals surface area contributed by atoms with Crippen LogP contribution in [-0.2, 0) is 14.8 Å². The smallest absolute Gasteiger partial charge is 0.243 e. The van der Waals surface area contributed by atoms with Gasteiger partial charge >= 0.3 is 0 Å². The minimum atomic E-state index is -3.72. The number of sulfonamides is 1. The fourth-order valence-corrected chi connectivity index (χ4v) is 5.21. The van der Waals surface area contributed by atoms with E-state index in [1.54, 1.807) is 25.3 Å². The predicted molar refractivity (Wildman–Crippen MR) is 114 cm³/mol. The van der Waals surface area contributed by atoms with Gasteiger partial charge in [0.2, 0.25) is 15.9 Å². The number of methoxy groups -OCH3 is 1. The van der Waals surface area contributed by atoms with Gasteiger partial charge in [-0.05, 0) is 62.1 Å². The Morgan fingerprint density at radius 1 is 1.21 bits per heavy atom. The largest absolute Gasteiger partial charge is 0.495 e. The zero-order chi connectivity index (χ0) is 21.2. The summed E-state index contributed by atoms with van der Waals surface area (Å²) in [6, 6.07) is 10.2. The van der Waals surface area contributed by atoms with Crippen molar-refractivity contribution in [3.8, 4) is 5.75 Å². The average molecular weight is 437 g/mol. The SMILES string of the molecule is COc1ccc(C)cc1NC(=O)[C@@H]1CCCN(S(=O)(=O)c2ccc(C)c(Cl)c2)C1. The summed E-state index contributed by atoms with van der Waals surface area (Å²) in [5, 5.41) is 3.30. The molecule has 1 atom stereocenters. The molecule has 1 heterocycles. The van der Waals surface area contributed by atoms with Gasteiger partial charge in [-0.2, -0.15) is 4.31 Å². The Labute approximate surface area is 176 Å². The third kappa shape index (κ3) is 4.74. The fraction of sp³-hybridized carbons (Fsp3) is 0.381. The predicted octanol–water partition coefficient (Wildman–Crippen LogP) is 4.00. The molecule has 0 saturated carbocycles. The molecule has 1 amide bonds. The van der Waals surface area contributed by atoms with Crippen molar-refractivity contribution >= 4 is 33.2 Å². The lowest BCUT2D eigenvalue weighted by atomic mass is 9.98. The van der Waals surface area contributed by atoms with Crippen LogP contribution in [0.2, 0.25) is 5.02 Å². The Balaban J connectivity index is 1.77. The summed E-state index contributed by atoms with van der Waals surface area (Å²) >= 11 is 6.11. The minimum absolute atomic E-state index is 0.133. The first-order valence-electron chi connectivity index (χ1n) is 9.44. The number of anilines is 1. The Bertz CT molecular complexity index is 1020. The fourth-order valence-electron chi connectivity index (χ4n) is 3.41. The first-order chi connectivity index (χ1) is 13.7. The molecule has 0 radical (unpaired) electrons. The van der Waals surface area contributed by atoms with Gasteiger partial charge < -0.3 is 10.1 Å². The van der Waals surface area contributed by atoms with E-state index in [9.17, 15) is 13.2 Å². The highest BCUT2D eigenvalue weighted by molar-refractivity contribution is 7.89. The molecule has 156 valence electrons. The molecule has 1 aliphatic rings. The van der Waals surface area contributed by atoms with Crippen LogP contribution in [0.25, 0.3) is 0 Å². The summed E-state index contributed by atoms with van der Waals surface area (Å²) in [5.41, 5.74) is 2.39. The molecule has 8 heteroatoms. The van der Waals surface area contributed by atoms with Gasteiger partial charge in [0, 0.05) is 18.1 Å². The Morgan fingerprint density at radius 2 is 1.97 bits per heavy atom. The molecule has 1 fully saturated rings. The van der Waals surface area contributed by atoms with Gasteiger partial charge in [-0.15, -0.1) is 0 Å². The van der Waals surface area contributed by atoms with Crippen LogP contribution >= 0.6 is 11.6 Å². The molecule has 1 N–H and O–H groups in total. The molecule has 1 saturated heterocycles. The molecule has 2 aromatic rings. The van der Waals surface area contributed by atoms with Crippen molar-refractivity contribution in [3.63, 3.8) is 0 Å². The van der Waals surface area contributed by atoms with Crippen LogP contribution in [0, 0.1) is 19.8 Å². The van der Waals surface area contributed by atoms with E-state index in [2.05, 4.69) is 5.32 Å². The monoisotopic (exact) mass is 436 g/mol. The molecule has 3 rings (SSSR count). The molecule has 0 spiro atoms. The topological polar surface area (TPSA) is 75.7 Å². The van der Waals surface area contributed by atoms with Crippen molar-refractivity contribution in [1.82, 2.24) is 4.31 Å². The maximum atomic E-state index is 13.0. The molecule has 0 unspecified atom stereocenters. The lowest BCUT2D eigenvalue weighted by Gasteiger charge is -2.31. The first kappa shape index (κ1) is 21.6. The summed E-state index contributed by atoms with van der Waals surface area (Å²) in [7, 11) is -2.17. The number of ether oxygens (including phenoxy) is 1. The molecular formula is C21H25ClN2O4S. The highest BCUT2D eigenvalue weighted by atomic mass is 35.5. The Morgan fingerprint density at radius 3 is 2.66 bits per heavy atom. The number of rotatable bonds is 5. The standard InChI is InChI=1S/C21H25ClN2O4S/c1-14-6-9-20(28-3)19(11-14)23-21(25)16-5-4-10-24(13-16)29(26,27)17-8-7-15(2)18(22)12-17/h6-9,11-12,16H,4-5,10,13H2,1-3H3,(H,23,25)/t16-/m1/s1. The van der Waals surface area contributed by atoms with Gasteiger partial charge in [-0.25, -0.2) is 8.42 Å². The summed E-state index contributed by atoms with van der Waals surface area (Å²) in [6.07, 6.45) is 1.24. The van der Waals surface area contributed by atoms with Crippen LogP contribution in [0.4, 0.5) is 5.69 Å². The van der Waals surface area contributed by atoms with Crippen molar-refractivity contribution in [2.24, 2.45) is 5.92 Å². The van der Waals surface area contributed by atoms with E-state index in [1.807, 2.05) is 26.0 Å². The molecule has 2 aromatic carbocycles. The van der Waals surface area contributed by atoms with Crippen molar-refractivity contribution in [2.45, 2.75) is 31.6 Å². The second-order valence-corrected chi connectivity index (χ2v) is 9.65.